The molecule has 4 aromatic rings. The molecule has 0 atom stereocenters. The van der Waals surface area contributed by atoms with Gasteiger partial charge in [-0.2, -0.15) is 0 Å². The lowest BCUT2D eigenvalue weighted by atomic mass is 10.1. The minimum atomic E-state index is -0.355. The molecule has 0 radical (unpaired) electrons. The van der Waals surface area contributed by atoms with E-state index >= 15 is 0 Å². The molecule has 0 spiro atoms. The van der Waals surface area contributed by atoms with Gasteiger partial charge in [0.05, 0.1) is 16.3 Å². The molecule has 2 N–H and O–H groups in total. The number of hydrogen-bond acceptors (Lipinski definition) is 8. The summed E-state index contributed by atoms with van der Waals surface area (Å²) in [5.41, 5.74) is 3.39. The number of aromatic nitrogens is 3. The zero-order valence-electron chi connectivity index (χ0n) is 18.3. The fourth-order valence-corrected chi connectivity index (χ4v) is 4.10. The van der Waals surface area contributed by atoms with Crippen molar-refractivity contribution in [1.29, 1.82) is 0 Å². The van der Waals surface area contributed by atoms with Gasteiger partial charge in [-0.3, -0.25) is 9.59 Å². The van der Waals surface area contributed by atoms with Gasteiger partial charge in [-0.15, -0.1) is 0 Å². The lowest BCUT2D eigenvalue weighted by molar-refractivity contribution is -0.142. The van der Waals surface area contributed by atoms with E-state index in [0.29, 0.717) is 32.9 Å². The Labute approximate surface area is 198 Å². The van der Waals surface area contributed by atoms with Crippen LogP contribution in [0.25, 0.3) is 21.8 Å². The molecule has 10 heteroatoms. The lowest BCUT2D eigenvalue weighted by Gasteiger charge is -2.09. The first-order chi connectivity index (χ1) is 16.4. The average Bonchev–Trinajstić information content (AvgIpc) is 3.22. The Balaban J connectivity index is 1.65. The average molecular weight is 478 g/mol. The van der Waals surface area contributed by atoms with Gasteiger partial charge in [0.2, 0.25) is 11.9 Å². The van der Waals surface area contributed by atoms with Crippen LogP contribution in [0.2, 0.25) is 0 Å². The van der Waals surface area contributed by atoms with Crippen LogP contribution < -0.4 is 10.6 Å². The number of carbonyl (C=O) groups is 2. The maximum atomic E-state index is 13.5. The third-order valence-corrected chi connectivity index (χ3v) is 5.53. The predicted molar refractivity (Wildman–Crippen MR) is 128 cm³/mol. The van der Waals surface area contributed by atoms with Gasteiger partial charge in [-0.1, -0.05) is 23.5 Å². The molecule has 0 bridgehead atoms. The van der Waals surface area contributed by atoms with Crippen LogP contribution in [0.3, 0.4) is 0 Å². The van der Waals surface area contributed by atoms with E-state index in [1.807, 2.05) is 24.3 Å². The first kappa shape index (κ1) is 23.0. The SMILES string of the molecule is CC(=O)Nc1nc(-c2ccc(F)cc2)c(-c2ccnc(Nc3cccc(COC(C)=O)c3)n2)s1. The molecule has 0 aliphatic rings. The summed E-state index contributed by atoms with van der Waals surface area (Å²) >= 11 is 1.26. The van der Waals surface area contributed by atoms with Crippen LogP contribution >= 0.6 is 11.3 Å². The number of nitrogens with zero attached hydrogens (tertiary/aromatic N) is 3. The molecule has 8 nitrogen and oxygen atoms in total. The third kappa shape index (κ3) is 5.78. The van der Waals surface area contributed by atoms with Crippen molar-refractivity contribution >= 4 is 40.0 Å². The Bertz CT molecular complexity index is 1340. The fourth-order valence-electron chi connectivity index (χ4n) is 3.10. The molecule has 0 unspecified atom stereocenters. The number of ether oxygens (including phenoxy) is 1. The Hall–Kier alpha value is -4.18. The predicted octanol–water partition coefficient (Wildman–Crippen LogP) is 5.17. The highest BCUT2D eigenvalue weighted by Crippen LogP contribution is 2.38. The van der Waals surface area contributed by atoms with E-state index in [1.165, 1.54) is 37.3 Å². The van der Waals surface area contributed by atoms with E-state index in [9.17, 15) is 14.0 Å². The fraction of sp³-hybridized carbons (Fsp3) is 0.125. The number of rotatable bonds is 7. The van der Waals surface area contributed by atoms with Crippen LogP contribution in [0.15, 0.2) is 60.8 Å². The maximum Gasteiger partial charge on any atom is 0.302 e. The smallest absolute Gasteiger partial charge is 0.302 e. The van der Waals surface area contributed by atoms with Crippen molar-refractivity contribution in [3.63, 3.8) is 0 Å². The molecule has 0 fully saturated rings. The molecular formula is C24H20FN5O3S. The van der Waals surface area contributed by atoms with Gasteiger partial charge in [0.1, 0.15) is 12.4 Å². The van der Waals surface area contributed by atoms with Gasteiger partial charge < -0.3 is 15.4 Å². The van der Waals surface area contributed by atoms with Crippen LogP contribution in [0.5, 0.6) is 0 Å². The molecule has 4 rings (SSSR count). The molecule has 2 heterocycles. The molecule has 1 amide bonds. The van der Waals surface area contributed by atoms with Crippen molar-refractivity contribution in [2.45, 2.75) is 20.5 Å². The Kier molecular flexibility index (Phi) is 6.88. The Morgan fingerprint density at radius 2 is 1.85 bits per heavy atom. The van der Waals surface area contributed by atoms with Gasteiger partial charge in [-0.05, 0) is 48.0 Å². The highest BCUT2D eigenvalue weighted by Gasteiger charge is 2.17. The number of halogens is 1. The van der Waals surface area contributed by atoms with Crippen molar-refractivity contribution in [3.8, 4) is 21.8 Å². The number of amides is 1. The van der Waals surface area contributed by atoms with Crippen molar-refractivity contribution in [2.24, 2.45) is 0 Å². The van der Waals surface area contributed by atoms with Crippen molar-refractivity contribution in [1.82, 2.24) is 15.0 Å². The summed E-state index contributed by atoms with van der Waals surface area (Å²) in [6.45, 7) is 2.93. The molecule has 172 valence electrons. The zero-order chi connectivity index (χ0) is 24.1. The topological polar surface area (TPSA) is 106 Å². The van der Waals surface area contributed by atoms with Crippen LogP contribution in [-0.2, 0) is 20.9 Å². The summed E-state index contributed by atoms with van der Waals surface area (Å²) in [7, 11) is 0. The maximum absolute atomic E-state index is 13.5. The van der Waals surface area contributed by atoms with E-state index in [2.05, 4.69) is 25.6 Å². The number of hydrogen-bond donors (Lipinski definition) is 2. The van der Waals surface area contributed by atoms with E-state index < -0.39 is 0 Å². The van der Waals surface area contributed by atoms with Crippen molar-refractivity contribution in [2.75, 3.05) is 10.6 Å². The van der Waals surface area contributed by atoms with Crippen LogP contribution in [0.4, 0.5) is 21.2 Å². The summed E-state index contributed by atoms with van der Waals surface area (Å²) in [6, 6.07) is 15.1. The molecular weight excluding hydrogens is 457 g/mol. The summed E-state index contributed by atoms with van der Waals surface area (Å²) in [5.74, 6) is -0.604. The second-order valence-corrected chi connectivity index (χ2v) is 8.26. The second kappa shape index (κ2) is 10.2. The Morgan fingerprint density at radius 3 is 2.59 bits per heavy atom. The van der Waals surface area contributed by atoms with Gasteiger partial charge in [0.25, 0.3) is 0 Å². The standard InChI is InChI=1S/C24H20FN5O3S/c1-14(31)27-24-30-21(17-6-8-18(25)9-7-17)22(34-24)20-10-11-26-23(29-20)28-19-5-3-4-16(12-19)13-33-15(2)32/h3-12H,13H2,1-2H3,(H,26,28,29)(H,27,30,31). The van der Waals surface area contributed by atoms with Gasteiger partial charge >= 0.3 is 5.97 Å². The third-order valence-electron chi connectivity index (χ3n) is 4.54. The monoisotopic (exact) mass is 477 g/mol. The number of carbonyl (C=O) groups excluding carboxylic acids is 2. The first-order valence-corrected chi connectivity index (χ1v) is 11.1. The van der Waals surface area contributed by atoms with Gasteiger partial charge in [0, 0.05) is 31.3 Å². The molecule has 0 saturated heterocycles. The number of esters is 1. The number of anilines is 3. The number of nitrogens with one attached hydrogen (secondary N) is 2. The lowest BCUT2D eigenvalue weighted by Crippen LogP contribution is -2.04. The zero-order valence-corrected chi connectivity index (χ0v) is 19.1. The van der Waals surface area contributed by atoms with E-state index in [4.69, 9.17) is 4.74 Å². The molecule has 0 aliphatic carbocycles. The summed E-state index contributed by atoms with van der Waals surface area (Å²) in [6.07, 6.45) is 1.61. The first-order valence-electron chi connectivity index (χ1n) is 10.2. The minimum absolute atomic E-state index is 0.166. The van der Waals surface area contributed by atoms with Crippen LogP contribution in [-0.4, -0.2) is 26.8 Å². The van der Waals surface area contributed by atoms with Crippen LogP contribution in [0.1, 0.15) is 19.4 Å². The normalized spacial score (nSPS) is 10.6. The molecule has 34 heavy (non-hydrogen) atoms. The molecule has 0 aliphatic heterocycles. The minimum Gasteiger partial charge on any atom is -0.461 e. The largest absolute Gasteiger partial charge is 0.461 e. The molecule has 0 saturated carbocycles. The van der Waals surface area contributed by atoms with Crippen molar-refractivity contribution in [3.05, 3.63) is 72.2 Å². The van der Waals surface area contributed by atoms with E-state index in [-0.39, 0.29) is 24.3 Å². The van der Waals surface area contributed by atoms with Crippen molar-refractivity contribution < 1.29 is 18.7 Å². The summed E-state index contributed by atoms with van der Waals surface area (Å²) in [5, 5.41) is 6.26. The molecule has 2 aromatic heterocycles. The van der Waals surface area contributed by atoms with Crippen LogP contribution in [0, 0.1) is 5.82 Å². The number of thiazole rings is 1. The molecule has 2 aromatic carbocycles. The Morgan fingerprint density at radius 1 is 1.06 bits per heavy atom. The summed E-state index contributed by atoms with van der Waals surface area (Å²) < 4.78 is 18.5. The quantitative estimate of drug-likeness (QED) is 0.354. The number of benzene rings is 2. The highest BCUT2D eigenvalue weighted by molar-refractivity contribution is 7.19. The summed E-state index contributed by atoms with van der Waals surface area (Å²) in [4.78, 5) is 36.8. The van der Waals surface area contributed by atoms with E-state index in [0.717, 1.165) is 11.3 Å². The van der Waals surface area contributed by atoms with Gasteiger partial charge in [-0.25, -0.2) is 19.3 Å². The van der Waals surface area contributed by atoms with E-state index in [1.54, 1.807) is 24.4 Å². The van der Waals surface area contributed by atoms with Gasteiger partial charge in [0.15, 0.2) is 5.13 Å². The second-order valence-electron chi connectivity index (χ2n) is 7.26. The highest BCUT2D eigenvalue weighted by atomic mass is 32.1.